The Hall–Kier alpha value is -1.95. The molecule has 0 aromatic carbocycles. The van der Waals surface area contributed by atoms with Crippen molar-refractivity contribution >= 4 is 11.7 Å². The molecule has 1 unspecified atom stereocenters. The molecule has 2 aromatic rings. The summed E-state index contributed by atoms with van der Waals surface area (Å²) in [6, 6.07) is 0.778. The Morgan fingerprint density at radius 1 is 1.41 bits per heavy atom. The van der Waals surface area contributed by atoms with Gasteiger partial charge in [-0.2, -0.15) is 0 Å². The van der Waals surface area contributed by atoms with Gasteiger partial charge in [0, 0.05) is 11.4 Å². The van der Waals surface area contributed by atoms with Gasteiger partial charge in [0.05, 0.1) is 11.4 Å². The Kier molecular flexibility index (Phi) is 2.59. The SMILES string of the molecule is Cc1cc(C)n2c(C(N)C(=O)O)c(C)nc2n1. The molecule has 0 aliphatic heterocycles. The first-order chi connectivity index (χ1) is 7.91. The first-order valence-corrected chi connectivity index (χ1v) is 5.23. The van der Waals surface area contributed by atoms with Crippen LogP contribution in [0.15, 0.2) is 6.07 Å². The summed E-state index contributed by atoms with van der Waals surface area (Å²) in [5.74, 6) is -0.582. The maximum atomic E-state index is 11.0. The molecule has 0 radical (unpaired) electrons. The number of nitrogens with two attached hydrogens (primary N) is 1. The van der Waals surface area contributed by atoms with Crippen molar-refractivity contribution < 1.29 is 9.90 Å². The average molecular weight is 234 g/mol. The maximum Gasteiger partial charge on any atom is 0.326 e. The van der Waals surface area contributed by atoms with Gasteiger partial charge in [0.25, 0.3) is 0 Å². The molecular formula is C11H14N4O2. The molecule has 0 bridgehead atoms. The topological polar surface area (TPSA) is 93.5 Å². The Bertz CT molecular complexity index is 603. The Morgan fingerprint density at radius 2 is 2.06 bits per heavy atom. The van der Waals surface area contributed by atoms with Gasteiger partial charge in [-0.25, -0.2) is 9.97 Å². The van der Waals surface area contributed by atoms with Gasteiger partial charge in [-0.3, -0.25) is 9.20 Å². The van der Waals surface area contributed by atoms with Gasteiger partial charge in [-0.15, -0.1) is 0 Å². The summed E-state index contributed by atoms with van der Waals surface area (Å²) in [6.07, 6.45) is 0. The lowest BCUT2D eigenvalue weighted by Gasteiger charge is -2.10. The predicted octanol–water partition coefficient (Wildman–Crippen LogP) is 0.739. The van der Waals surface area contributed by atoms with Crippen LogP contribution in [0.2, 0.25) is 0 Å². The van der Waals surface area contributed by atoms with Gasteiger partial charge in [-0.1, -0.05) is 0 Å². The number of carbonyl (C=O) groups is 1. The van der Waals surface area contributed by atoms with Crippen LogP contribution < -0.4 is 5.73 Å². The smallest absolute Gasteiger partial charge is 0.326 e. The highest BCUT2D eigenvalue weighted by molar-refractivity contribution is 5.75. The molecule has 90 valence electrons. The van der Waals surface area contributed by atoms with Crippen molar-refractivity contribution in [1.82, 2.24) is 14.4 Å². The van der Waals surface area contributed by atoms with E-state index < -0.39 is 12.0 Å². The fraction of sp³-hybridized carbons (Fsp3) is 0.364. The largest absolute Gasteiger partial charge is 0.480 e. The van der Waals surface area contributed by atoms with E-state index >= 15 is 0 Å². The monoisotopic (exact) mass is 234 g/mol. The zero-order chi connectivity index (χ0) is 12.7. The van der Waals surface area contributed by atoms with Crippen LogP contribution in [0.3, 0.4) is 0 Å². The van der Waals surface area contributed by atoms with Crippen LogP contribution in [-0.4, -0.2) is 25.4 Å². The molecule has 2 aromatic heterocycles. The second-order valence-corrected chi connectivity index (χ2v) is 4.07. The Morgan fingerprint density at radius 3 is 2.65 bits per heavy atom. The molecular weight excluding hydrogens is 220 g/mol. The van der Waals surface area contributed by atoms with Crippen LogP contribution in [0, 0.1) is 20.8 Å². The molecule has 0 aliphatic rings. The number of fused-ring (bicyclic) bond motifs is 1. The molecule has 0 amide bonds. The Balaban J connectivity index is 2.79. The lowest BCUT2D eigenvalue weighted by atomic mass is 10.2. The van der Waals surface area contributed by atoms with E-state index in [1.807, 2.05) is 19.9 Å². The quantitative estimate of drug-likeness (QED) is 0.799. The van der Waals surface area contributed by atoms with Crippen LogP contribution in [0.5, 0.6) is 0 Å². The summed E-state index contributed by atoms with van der Waals surface area (Å²) in [7, 11) is 0. The second-order valence-electron chi connectivity index (χ2n) is 4.07. The number of carboxylic acid groups (broad SMARTS) is 1. The molecule has 0 aliphatic carbocycles. The fourth-order valence-corrected chi connectivity index (χ4v) is 1.99. The van der Waals surface area contributed by atoms with Crippen LogP contribution in [0.4, 0.5) is 0 Å². The zero-order valence-electron chi connectivity index (χ0n) is 9.93. The number of nitrogens with zero attached hydrogens (tertiary/aromatic N) is 3. The first-order valence-electron chi connectivity index (χ1n) is 5.23. The molecule has 17 heavy (non-hydrogen) atoms. The molecule has 0 saturated heterocycles. The molecule has 6 heteroatoms. The van der Waals surface area contributed by atoms with Crippen LogP contribution in [-0.2, 0) is 4.79 Å². The van der Waals surface area contributed by atoms with Crippen LogP contribution in [0.25, 0.3) is 5.78 Å². The van der Waals surface area contributed by atoms with E-state index in [9.17, 15) is 4.79 Å². The molecule has 0 saturated carbocycles. The standard InChI is InChI=1S/C11H14N4O2/c1-5-4-6(2)15-9(8(12)10(16)17)7(3)14-11(15)13-5/h4,8H,12H2,1-3H3,(H,16,17). The van der Waals surface area contributed by atoms with Gasteiger partial charge in [0.1, 0.15) is 6.04 Å². The van der Waals surface area contributed by atoms with Crippen molar-refractivity contribution in [2.24, 2.45) is 5.73 Å². The van der Waals surface area contributed by atoms with Crippen LogP contribution >= 0.6 is 0 Å². The van der Waals surface area contributed by atoms with E-state index in [2.05, 4.69) is 9.97 Å². The zero-order valence-corrected chi connectivity index (χ0v) is 9.93. The minimum Gasteiger partial charge on any atom is -0.480 e. The van der Waals surface area contributed by atoms with Crippen molar-refractivity contribution in [3.8, 4) is 0 Å². The molecule has 0 spiro atoms. The van der Waals surface area contributed by atoms with E-state index in [0.29, 0.717) is 17.2 Å². The van der Waals surface area contributed by atoms with Crippen LogP contribution in [0.1, 0.15) is 28.8 Å². The third-order valence-corrected chi connectivity index (χ3v) is 2.69. The number of aromatic nitrogens is 3. The van der Waals surface area contributed by atoms with Crippen molar-refractivity contribution in [3.63, 3.8) is 0 Å². The number of aliphatic carboxylic acids is 1. The second kappa shape index (κ2) is 3.81. The fourth-order valence-electron chi connectivity index (χ4n) is 1.99. The number of imidazole rings is 1. The third-order valence-electron chi connectivity index (χ3n) is 2.69. The Labute approximate surface area is 98.1 Å². The van der Waals surface area contributed by atoms with E-state index in [-0.39, 0.29) is 0 Å². The van der Waals surface area contributed by atoms with E-state index in [1.54, 1.807) is 11.3 Å². The number of rotatable bonds is 2. The average Bonchev–Trinajstić information content (AvgIpc) is 2.53. The number of hydrogen-bond donors (Lipinski definition) is 2. The van der Waals surface area contributed by atoms with Crippen molar-refractivity contribution in [2.75, 3.05) is 0 Å². The lowest BCUT2D eigenvalue weighted by Crippen LogP contribution is -2.23. The summed E-state index contributed by atoms with van der Waals surface area (Å²) >= 11 is 0. The van der Waals surface area contributed by atoms with Crippen molar-refractivity contribution in [3.05, 3.63) is 28.8 Å². The van der Waals surface area contributed by atoms with Gasteiger partial charge in [0.2, 0.25) is 5.78 Å². The molecule has 1 atom stereocenters. The molecule has 6 nitrogen and oxygen atoms in total. The van der Waals surface area contributed by atoms with E-state index in [0.717, 1.165) is 11.4 Å². The summed E-state index contributed by atoms with van der Waals surface area (Å²) in [6.45, 7) is 5.48. The van der Waals surface area contributed by atoms with Crippen molar-refractivity contribution in [1.29, 1.82) is 0 Å². The number of hydrogen-bond acceptors (Lipinski definition) is 4. The van der Waals surface area contributed by atoms with Gasteiger partial charge < -0.3 is 10.8 Å². The van der Waals surface area contributed by atoms with E-state index in [1.165, 1.54) is 0 Å². The summed E-state index contributed by atoms with van der Waals surface area (Å²) in [5.41, 5.74) is 8.47. The highest BCUT2D eigenvalue weighted by atomic mass is 16.4. The molecule has 0 fully saturated rings. The molecule has 2 heterocycles. The van der Waals surface area contributed by atoms with Gasteiger partial charge in [0.15, 0.2) is 0 Å². The third kappa shape index (κ3) is 1.76. The minimum absolute atomic E-state index is 0.484. The van der Waals surface area contributed by atoms with E-state index in [4.69, 9.17) is 10.8 Å². The molecule has 3 N–H and O–H groups in total. The van der Waals surface area contributed by atoms with Gasteiger partial charge in [-0.05, 0) is 26.8 Å². The van der Waals surface area contributed by atoms with Gasteiger partial charge >= 0.3 is 5.97 Å². The first kappa shape index (κ1) is 11.5. The predicted molar refractivity (Wildman–Crippen MR) is 61.8 cm³/mol. The highest BCUT2D eigenvalue weighted by Gasteiger charge is 2.23. The highest BCUT2D eigenvalue weighted by Crippen LogP contribution is 2.19. The summed E-state index contributed by atoms with van der Waals surface area (Å²) in [4.78, 5) is 19.5. The normalized spacial score (nSPS) is 12.9. The molecule has 2 rings (SSSR count). The lowest BCUT2D eigenvalue weighted by molar-refractivity contribution is -0.138. The number of carboxylic acids is 1. The maximum absolute atomic E-state index is 11.0. The minimum atomic E-state index is -1.09. The summed E-state index contributed by atoms with van der Waals surface area (Å²) < 4.78 is 1.70. The summed E-state index contributed by atoms with van der Waals surface area (Å²) in [5, 5.41) is 9.00. The number of aryl methyl sites for hydroxylation is 3. The van der Waals surface area contributed by atoms with Crippen molar-refractivity contribution in [2.45, 2.75) is 26.8 Å².